The van der Waals surface area contributed by atoms with E-state index in [4.69, 9.17) is 9.47 Å². The predicted octanol–water partition coefficient (Wildman–Crippen LogP) is 3.11. The van der Waals surface area contributed by atoms with E-state index in [0.29, 0.717) is 17.8 Å². The van der Waals surface area contributed by atoms with Gasteiger partial charge in [-0.2, -0.15) is 0 Å². The minimum atomic E-state index is -0.628. The van der Waals surface area contributed by atoms with Gasteiger partial charge in [0.25, 0.3) is 0 Å². The van der Waals surface area contributed by atoms with Crippen LogP contribution in [0.25, 0.3) is 11.3 Å². The molecule has 0 saturated carbocycles. The Morgan fingerprint density at radius 1 is 1.00 bits per heavy atom. The van der Waals surface area contributed by atoms with Crippen LogP contribution in [0.15, 0.2) is 42.6 Å². The Balaban J connectivity index is 1.45. The van der Waals surface area contributed by atoms with Crippen LogP contribution in [0.3, 0.4) is 0 Å². The Hall–Kier alpha value is -3.22. The lowest BCUT2D eigenvalue weighted by Crippen LogP contribution is -2.29. The van der Waals surface area contributed by atoms with Crippen molar-refractivity contribution in [1.82, 2.24) is 15.0 Å². The topological polar surface area (TPSA) is 89.6 Å². The fourth-order valence-electron chi connectivity index (χ4n) is 2.89. The highest BCUT2D eigenvalue weighted by Crippen LogP contribution is 2.39. The molecule has 2 N–H and O–H groups in total. The number of nitrogens with zero attached hydrogens (tertiary/aromatic N) is 3. The third kappa shape index (κ3) is 3.15. The number of fused-ring (bicyclic) bond motifs is 1. The highest BCUT2D eigenvalue weighted by atomic mass is 16.7. The van der Waals surface area contributed by atoms with Crippen molar-refractivity contribution in [3.05, 3.63) is 48.2 Å². The van der Waals surface area contributed by atoms with E-state index in [2.05, 4.69) is 10.3 Å². The third-order valence-corrected chi connectivity index (χ3v) is 4.16. The van der Waals surface area contributed by atoms with Crippen LogP contribution in [0, 0.1) is 0 Å². The number of aromatic hydroxyl groups is 2. The van der Waals surface area contributed by atoms with Crippen LogP contribution in [-0.4, -0.2) is 31.0 Å². The quantitative estimate of drug-likeness (QED) is 0.701. The lowest BCUT2D eigenvalue weighted by atomic mass is 10.1. The molecule has 0 aliphatic carbocycles. The van der Waals surface area contributed by atoms with Crippen molar-refractivity contribution in [2.75, 3.05) is 0 Å². The molecule has 0 unspecified atom stereocenters. The summed E-state index contributed by atoms with van der Waals surface area (Å²) in [5.74, 6) is 0.546. The molecule has 7 nitrogen and oxygen atoms in total. The molecule has 7 heteroatoms. The van der Waals surface area contributed by atoms with Crippen LogP contribution >= 0.6 is 0 Å². The van der Waals surface area contributed by atoms with Gasteiger partial charge in [0.2, 0.25) is 5.79 Å². The maximum absolute atomic E-state index is 9.61. The minimum absolute atomic E-state index is 0.160. The summed E-state index contributed by atoms with van der Waals surface area (Å²) in [6, 6.07) is 10.5. The van der Waals surface area contributed by atoms with Crippen molar-refractivity contribution in [3.63, 3.8) is 0 Å². The molecule has 2 heterocycles. The van der Waals surface area contributed by atoms with Gasteiger partial charge < -0.3 is 19.7 Å². The lowest BCUT2D eigenvalue weighted by molar-refractivity contribution is -0.0431. The van der Waals surface area contributed by atoms with Gasteiger partial charge in [0, 0.05) is 26.0 Å². The average molecular weight is 353 g/mol. The number of hydrogen-bond donors (Lipinski definition) is 2. The first kappa shape index (κ1) is 16.3. The van der Waals surface area contributed by atoms with Crippen LogP contribution in [0.5, 0.6) is 23.0 Å². The van der Waals surface area contributed by atoms with Gasteiger partial charge in [-0.15, -0.1) is 5.10 Å². The van der Waals surface area contributed by atoms with E-state index < -0.39 is 5.79 Å². The molecule has 0 amide bonds. The minimum Gasteiger partial charge on any atom is -0.504 e. The van der Waals surface area contributed by atoms with Gasteiger partial charge in [-0.25, -0.2) is 0 Å². The molecule has 0 bridgehead atoms. The fourth-order valence-corrected chi connectivity index (χ4v) is 2.89. The number of phenolic OH excluding ortho intramolecular Hbond substituents is 2. The number of benzene rings is 2. The largest absolute Gasteiger partial charge is 0.504 e. The standard InChI is InChI=1S/C19H19N3O4/c1-19(2)25-17-6-3-12(9-18(17)26-19)7-8-22-11-14(20-21-22)13-4-5-15(23)16(24)10-13/h3-6,9-11,23-24H,7-8H2,1-2H3. The summed E-state index contributed by atoms with van der Waals surface area (Å²) in [6.07, 6.45) is 2.57. The normalized spacial score (nSPS) is 14.5. The maximum atomic E-state index is 9.61. The lowest BCUT2D eigenvalue weighted by Gasteiger charge is -2.16. The Bertz CT molecular complexity index is 965. The van der Waals surface area contributed by atoms with E-state index in [0.717, 1.165) is 23.5 Å². The smallest absolute Gasteiger partial charge is 0.246 e. The fraction of sp³-hybridized carbons (Fsp3) is 0.263. The second-order valence-electron chi connectivity index (χ2n) is 6.71. The number of ether oxygens (including phenoxy) is 2. The molecular weight excluding hydrogens is 334 g/mol. The van der Waals surface area contributed by atoms with Gasteiger partial charge >= 0.3 is 0 Å². The summed E-state index contributed by atoms with van der Waals surface area (Å²) in [4.78, 5) is 0. The van der Waals surface area contributed by atoms with E-state index in [1.165, 1.54) is 12.1 Å². The second kappa shape index (κ2) is 5.94. The van der Waals surface area contributed by atoms with Crippen molar-refractivity contribution >= 4 is 0 Å². The highest BCUT2D eigenvalue weighted by Gasteiger charge is 2.31. The van der Waals surface area contributed by atoms with E-state index in [-0.39, 0.29) is 11.5 Å². The van der Waals surface area contributed by atoms with E-state index in [1.54, 1.807) is 10.7 Å². The predicted molar refractivity (Wildman–Crippen MR) is 94.3 cm³/mol. The van der Waals surface area contributed by atoms with Crippen LogP contribution in [-0.2, 0) is 13.0 Å². The van der Waals surface area contributed by atoms with E-state index in [1.807, 2.05) is 38.2 Å². The Morgan fingerprint density at radius 2 is 1.81 bits per heavy atom. The molecule has 26 heavy (non-hydrogen) atoms. The van der Waals surface area contributed by atoms with Gasteiger partial charge in [-0.1, -0.05) is 11.3 Å². The number of aryl methyl sites for hydroxylation is 2. The first-order chi connectivity index (χ1) is 12.4. The molecule has 134 valence electrons. The number of rotatable bonds is 4. The Kier molecular flexibility index (Phi) is 3.72. The van der Waals surface area contributed by atoms with E-state index in [9.17, 15) is 10.2 Å². The molecule has 1 aromatic heterocycles. The van der Waals surface area contributed by atoms with Crippen molar-refractivity contribution < 1.29 is 19.7 Å². The molecule has 0 spiro atoms. The van der Waals surface area contributed by atoms with Crippen molar-refractivity contribution in [2.45, 2.75) is 32.6 Å². The first-order valence-corrected chi connectivity index (χ1v) is 8.33. The maximum Gasteiger partial charge on any atom is 0.246 e. The van der Waals surface area contributed by atoms with Crippen molar-refractivity contribution in [2.24, 2.45) is 0 Å². The van der Waals surface area contributed by atoms with Crippen LogP contribution < -0.4 is 9.47 Å². The summed E-state index contributed by atoms with van der Waals surface area (Å²) in [5, 5.41) is 27.2. The zero-order chi connectivity index (χ0) is 18.3. The van der Waals surface area contributed by atoms with E-state index >= 15 is 0 Å². The monoisotopic (exact) mass is 353 g/mol. The first-order valence-electron chi connectivity index (χ1n) is 8.33. The second-order valence-corrected chi connectivity index (χ2v) is 6.71. The molecule has 0 radical (unpaired) electrons. The number of aromatic nitrogens is 3. The summed E-state index contributed by atoms with van der Waals surface area (Å²) in [7, 11) is 0. The number of phenols is 2. The molecular formula is C19H19N3O4. The zero-order valence-corrected chi connectivity index (χ0v) is 14.5. The molecule has 4 rings (SSSR count). The molecule has 3 aromatic rings. The molecule has 0 atom stereocenters. The molecule has 1 aliphatic rings. The summed E-state index contributed by atoms with van der Waals surface area (Å²) in [5.41, 5.74) is 2.44. The Labute approximate surface area is 150 Å². The molecule has 0 saturated heterocycles. The average Bonchev–Trinajstić information content (AvgIpc) is 3.17. The van der Waals surface area contributed by atoms with Gasteiger partial charge in [-0.05, 0) is 42.3 Å². The van der Waals surface area contributed by atoms with Crippen LogP contribution in [0.4, 0.5) is 0 Å². The van der Waals surface area contributed by atoms with Crippen molar-refractivity contribution in [1.29, 1.82) is 0 Å². The summed E-state index contributed by atoms with van der Waals surface area (Å²) >= 11 is 0. The molecule has 2 aromatic carbocycles. The van der Waals surface area contributed by atoms with Crippen LogP contribution in [0.2, 0.25) is 0 Å². The molecule has 0 fully saturated rings. The van der Waals surface area contributed by atoms with Gasteiger partial charge in [0.1, 0.15) is 5.69 Å². The van der Waals surface area contributed by atoms with Crippen molar-refractivity contribution in [3.8, 4) is 34.3 Å². The zero-order valence-electron chi connectivity index (χ0n) is 14.5. The highest BCUT2D eigenvalue weighted by molar-refractivity contribution is 5.62. The van der Waals surface area contributed by atoms with Gasteiger partial charge in [-0.3, -0.25) is 4.68 Å². The van der Waals surface area contributed by atoms with Gasteiger partial charge in [0.05, 0.1) is 6.20 Å². The number of hydrogen-bond acceptors (Lipinski definition) is 6. The van der Waals surface area contributed by atoms with Crippen LogP contribution in [0.1, 0.15) is 19.4 Å². The SMILES string of the molecule is CC1(C)Oc2ccc(CCn3cc(-c4ccc(O)c(O)c4)nn3)cc2O1. The van der Waals surface area contributed by atoms with Gasteiger partial charge in [0.15, 0.2) is 23.0 Å². The Morgan fingerprint density at radius 3 is 2.62 bits per heavy atom. The molecule has 1 aliphatic heterocycles. The third-order valence-electron chi connectivity index (χ3n) is 4.16. The summed E-state index contributed by atoms with van der Waals surface area (Å²) < 4.78 is 13.2. The summed E-state index contributed by atoms with van der Waals surface area (Å²) in [6.45, 7) is 4.41.